The number of aryl methyl sites for hydroxylation is 1. The summed E-state index contributed by atoms with van der Waals surface area (Å²) in [5, 5.41) is 2.90. The van der Waals surface area contributed by atoms with Gasteiger partial charge in [-0.1, -0.05) is 18.2 Å². The number of piperidine rings is 1. The molecule has 0 bridgehead atoms. The van der Waals surface area contributed by atoms with Crippen LogP contribution in [-0.4, -0.2) is 38.5 Å². The molecule has 1 amide bonds. The zero-order valence-corrected chi connectivity index (χ0v) is 15.1. The number of amides is 1. The van der Waals surface area contributed by atoms with Crippen molar-refractivity contribution in [1.82, 2.24) is 19.5 Å². The summed E-state index contributed by atoms with van der Waals surface area (Å²) in [4.78, 5) is 31.3. The molecule has 140 valence electrons. The summed E-state index contributed by atoms with van der Waals surface area (Å²) in [5.74, 6) is -0.137. The highest BCUT2D eigenvalue weighted by Crippen LogP contribution is 2.23. The van der Waals surface area contributed by atoms with Crippen molar-refractivity contribution in [2.24, 2.45) is 5.92 Å². The van der Waals surface area contributed by atoms with Crippen LogP contribution in [0.2, 0.25) is 0 Å². The van der Waals surface area contributed by atoms with Crippen LogP contribution in [0.5, 0.6) is 0 Å². The predicted octanol–water partition coefficient (Wildman–Crippen LogP) is 2.57. The van der Waals surface area contributed by atoms with E-state index in [1.165, 1.54) is 16.8 Å². The number of hydrogen-bond acceptors (Lipinski definition) is 3. The van der Waals surface area contributed by atoms with Gasteiger partial charge in [-0.05, 0) is 43.7 Å². The van der Waals surface area contributed by atoms with Crippen LogP contribution < -0.4 is 5.56 Å². The van der Waals surface area contributed by atoms with E-state index in [2.05, 4.69) is 10.1 Å². The third-order valence-electron chi connectivity index (χ3n) is 5.22. The van der Waals surface area contributed by atoms with E-state index in [9.17, 15) is 14.0 Å². The van der Waals surface area contributed by atoms with Gasteiger partial charge in [-0.2, -0.15) is 0 Å². The largest absolute Gasteiger partial charge is 0.338 e. The molecule has 6 nitrogen and oxygen atoms in total. The Kier molecular flexibility index (Phi) is 4.51. The summed E-state index contributed by atoms with van der Waals surface area (Å²) < 4.78 is 15.1. The molecule has 27 heavy (non-hydrogen) atoms. The van der Waals surface area contributed by atoms with Crippen LogP contribution in [0.15, 0.2) is 41.3 Å². The Bertz CT molecular complexity index is 1050. The first-order valence-electron chi connectivity index (χ1n) is 9.13. The third kappa shape index (κ3) is 3.37. The van der Waals surface area contributed by atoms with Crippen LogP contribution in [0.3, 0.4) is 0 Å². The number of hydrogen-bond donors (Lipinski definition) is 1. The highest BCUT2D eigenvalue weighted by atomic mass is 19.1. The highest BCUT2D eigenvalue weighted by molar-refractivity contribution is 5.93. The number of nitrogens with zero attached hydrogens (tertiary/aromatic N) is 3. The van der Waals surface area contributed by atoms with Crippen molar-refractivity contribution in [3.8, 4) is 0 Å². The Morgan fingerprint density at radius 3 is 2.78 bits per heavy atom. The number of likely N-dealkylation sites (tertiary alicyclic amines) is 1. The number of benzene rings is 1. The van der Waals surface area contributed by atoms with Crippen molar-refractivity contribution in [3.05, 3.63) is 69.5 Å². The summed E-state index contributed by atoms with van der Waals surface area (Å²) in [6, 6.07) is 8.58. The molecule has 1 N–H and O–H groups in total. The van der Waals surface area contributed by atoms with Gasteiger partial charge in [-0.3, -0.25) is 14.7 Å². The van der Waals surface area contributed by atoms with E-state index in [1.807, 2.05) is 19.1 Å². The maximum Gasteiger partial charge on any atom is 0.285 e. The Balaban J connectivity index is 1.45. The van der Waals surface area contributed by atoms with Crippen molar-refractivity contribution >= 4 is 11.6 Å². The van der Waals surface area contributed by atoms with Crippen molar-refractivity contribution in [3.63, 3.8) is 0 Å². The molecule has 0 radical (unpaired) electrons. The molecular formula is C20H21FN4O2. The number of carbonyl (C=O) groups excluding carboxylic acids is 1. The summed E-state index contributed by atoms with van der Waals surface area (Å²) in [5.41, 5.74) is 1.71. The lowest BCUT2D eigenvalue weighted by atomic mass is 9.90. The number of carbonyl (C=O) groups is 1. The van der Waals surface area contributed by atoms with Crippen LogP contribution >= 0.6 is 0 Å². The van der Waals surface area contributed by atoms with Gasteiger partial charge in [0.15, 0.2) is 5.65 Å². The molecule has 0 atom stereocenters. The van der Waals surface area contributed by atoms with Gasteiger partial charge in [0, 0.05) is 31.0 Å². The predicted molar refractivity (Wildman–Crippen MR) is 99.3 cm³/mol. The van der Waals surface area contributed by atoms with E-state index in [0.717, 1.165) is 24.1 Å². The Labute approximate surface area is 155 Å². The number of H-pyrrole nitrogens is 1. The first-order chi connectivity index (χ1) is 13.0. The molecule has 1 aliphatic rings. The van der Waals surface area contributed by atoms with Crippen LogP contribution in [0.25, 0.3) is 5.65 Å². The quantitative estimate of drug-likeness (QED) is 0.772. The maximum absolute atomic E-state index is 13.8. The van der Waals surface area contributed by atoms with Crippen molar-refractivity contribution in [2.45, 2.75) is 26.2 Å². The van der Waals surface area contributed by atoms with Gasteiger partial charge in [0.25, 0.3) is 11.5 Å². The average molecular weight is 368 g/mol. The number of fused-ring (bicyclic) bond motifs is 1. The van der Waals surface area contributed by atoms with Crippen LogP contribution in [-0.2, 0) is 6.42 Å². The van der Waals surface area contributed by atoms with Gasteiger partial charge in [-0.25, -0.2) is 13.9 Å². The molecule has 3 heterocycles. The Morgan fingerprint density at radius 1 is 1.30 bits per heavy atom. The molecule has 1 aromatic carbocycles. The van der Waals surface area contributed by atoms with Crippen molar-refractivity contribution < 1.29 is 9.18 Å². The normalized spacial score (nSPS) is 15.4. The van der Waals surface area contributed by atoms with Gasteiger partial charge in [0.1, 0.15) is 11.4 Å². The molecule has 0 aliphatic carbocycles. The van der Waals surface area contributed by atoms with E-state index in [4.69, 9.17) is 0 Å². The monoisotopic (exact) mass is 368 g/mol. The molecule has 1 saturated heterocycles. The molecule has 0 spiro atoms. The second-order valence-electron chi connectivity index (χ2n) is 7.14. The smallest absolute Gasteiger partial charge is 0.285 e. The maximum atomic E-state index is 13.8. The molecule has 0 unspecified atom stereocenters. The van der Waals surface area contributed by atoms with Gasteiger partial charge >= 0.3 is 0 Å². The third-order valence-corrected chi connectivity index (χ3v) is 5.22. The van der Waals surface area contributed by atoms with Gasteiger partial charge in [0.05, 0.1) is 0 Å². The standard InChI is InChI=1S/C20H21FN4O2/c1-13-10-18-22-12-16(20(27)25(18)23-13)19(26)24-8-6-14(7-9-24)11-15-4-2-3-5-17(15)21/h2-5,10,12,14,23H,6-9,11H2,1H3. The lowest BCUT2D eigenvalue weighted by molar-refractivity contribution is 0.0687. The molecule has 1 fully saturated rings. The number of rotatable bonds is 3. The second kappa shape index (κ2) is 6.98. The minimum Gasteiger partial charge on any atom is -0.338 e. The van der Waals surface area contributed by atoms with Crippen molar-refractivity contribution in [2.75, 3.05) is 13.1 Å². The number of halogens is 1. The summed E-state index contributed by atoms with van der Waals surface area (Å²) >= 11 is 0. The minimum atomic E-state index is -0.383. The SMILES string of the molecule is Cc1cc2ncc(C(=O)N3CCC(Cc4ccccc4F)CC3)c(=O)n2[nH]1. The summed E-state index contributed by atoms with van der Waals surface area (Å²) in [6.45, 7) is 2.95. The topological polar surface area (TPSA) is 70.5 Å². The lowest BCUT2D eigenvalue weighted by Gasteiger charge is -2.32. The van der Waals surface area contributed by atoms with Crippen LogP contribution in [0.4, 0.5) is 4.39 Å². The van der Waals surface area contributed by atoms with E-state index in [0.29, 0.717) is 31.1 Å². The fourth-order valence-electron chi connectivity index (χ4n) is 3.71. The Morgan fingerprint density at radius 2 is 2.04 bits per heavy atom. The van der Waals surface area contributed by atoms with Gasteiger partial charge in [0.2, 0.25) is 0 Å². The van der Waals surface area contributed by atoms with Crippen molar-refractivity contribution in [1.29, 1.82) is 0 Å². The molecular weight excluding hydrogens is 347 g/mol. The first-order valence-corrected chi connectivity index (χ1v) is 9.13. The van der Waals surface area contributed by atoms with E-state index < -0.39 is 0 Å². The van der Waals surface area contributed by atoms with E-state index in [1.54, 1.807) is 17.0 Å². The molecule has 2 aromatic heterocycles. The summed E-state index contributed by atoms with van der Waals surface area (Å²) in [6.07, 6.45) is 3.61. The van der Waals surface area contributed by atoms with Gasteiger partial charge in [-0.15, -0.1) is 0 Å². The first kappa shape index (κ1) is 17.5. The fraction of sp³-hybridized carbons (Fsp3) is 0.350. The number of aromatic amines is 1. The zero-order valence-electron chi connectivity index (χ0n) is 15.1. The van der Waals surface area contributed by atoms with Crippen LogP contribution in [0.1, 0.15) is 34.5 Å². The van der Waals surface area contributed by atoms with Gasteiger partial charge < -0.3 is 4.90 Å². The fourth-order valence-corrected chi connectivity index (χ4v) is 3.71. The molecule has 0 saturated carbocycles. The van der Waals surface area contributed by atoms with E-state index in [-0.39, 0.29) is 22.8 Å². The Hall–Kier alpha value is -2.96. The van der Waals surface area contributed by atoms with Crippen LogP contribution in [0, 0.1) is 18.7 Å². The lowest BCUT2D eigenvalue weighted by Crippen LogP contribution is -2.41. The molecule has 7 heteroatoms. The highest BCUT2D eigenvalue weighted by Gasteiger charge is 2.26. The average Bonchev–Trinajstić information content (AvgIpc) is 3.05. The number of nitrogens with one attached hydrogen (secondary N) is 1. The molecule has 4 rings (SSSR count). The molecule has 1 aliphatic heterocycles. The minimum absolute atomic E-state index is 0.0712. The second-order valence-corrected chi connectivity index (χ2v) is 7.14. The van der Waals surface area contributed by atoms with E-state index >= 15 is 0 Å². The number of aromatic nitrogens is 3. The molecule has 3 aromatic rings. The summed E-state index contributed by atoms with van der Waals surface area (Å²) in [7, 11) is 0. The zero-order chi connectivity index (χ0) is 19.0.